The van der Waals surface area contributed by atoms with E-state index in [0.29, 0.717) is 12.2 Å². The minimum absolute atomic E-state index is 0.177. The number of carboxylic acid groups (broad SMARTS) is 1. The molecule has 3 rings (SSSR count). The Morgan fingerprint density at radius 2 is 2.00 bits per heavy atom. The van der Waals surface area contributed by atoms with E-state index in [1.54, 1.807) is 12.1 Å². The molecule has 0 atom stereocenters. The van der Waals surface area contributed by atoms with Gasteiger partial charge in [-0.25, -0.2) is 9.59 Å². The maximum atomic E-state index is 12.2. The van der Waals surface area contributed by atoms with Crippen LogP contribution in [0.3, 0.4) is 0 Å². The average Bonchev–Trinajstić information content (AvgIpc) is 2.87. The predicted molar refractivity (Wildman–Crippen MR) is 73.0 cm³/mol. The number of carbonyl (C=O) groups excluding carboxylic acids is 1. The second kappa shape index (κ2) is 4.81. The molecule has 1 amide bonds. The fraction of sp³-hybridized carbons (Fsp3) is 0.467. The Bertz CT molecular complexity index is 549. The maximum Gasteiger partial charge on any atom is 0.414 e. The summed E-state index contributed by atoms with van der Waals surface area (Å²) in [5.74, 6) is -0.996. The lowest BCUT2D eigenvalue weighted by Crippen LogP contribution is -2.48. The Balaban J connectivity index is 1.80. The van der Waals surface area contributed by atoms with Crippen molar-refractivity contribution in [1.82, 2.24) is 0 Å². The number of carbonyl (C=O) groups is 2. The standard InChI is InChI=1S/C15H17NO4/c17-13(18)11-4-3-5-12(10-11)16-9-8-15(20-14(16)19)6-1-2-7-15/h3-5,10H,1-2,6-9H2,(H,17,18). The number of amides is 1. The Morgan fingerprint density at radius 3 is 2.65 bits per heavy atom. The van der Waals surface area contributed by atoms with Gasteiger partial charge in [0, 0.05) is 18.7 Å². The molecule has 20 heavy (non-hydrogen) atoms. The highest BCUT2D eigenvalue weighted by atomic mass is 16.6. The van der Waals surface area contributed by atoms with Crippen LogP contribution in [0.5, 0.6) is 0 Å². The summed E-state index contributed by atoms with van der Waals surface area (Å²) in [6, 6.07) is 6.40. The number of hydrogen-bond acceptors (Lipinski definition) is 3. The number of aromatic carboxylic acids is 1. The van der Waals surface area contributed by atoms with Crippen molar-refractivity contribution in [2.24, 2.45) is 0 Å². The van der Waals surface area contributed by atoms with Gasteiger partial charge in [0.15, 0.2) is 0 Å². The lowest BCUT2D eigenvalue weighted by Gasteiger charge is -2.38. The third-order valence-electron chi connectivity index (χ3n) is 4.23. The SMILES string of the molecule is O=C(O)c1cccc(N2CCC3(CCCC3)OC2=O)c1. The van der Waals surface area contributed by atoms with Crippen LogP contribution in [0.4, 0.5) is 10.5 Å². The summed E-state index contributed by atoms with van der Waals surface area (Å²) in [6.45, 7) is 0.585. The molecule has 5 nitrogen and oxygen atoms in total. The number of benzene rings is 1. The van der Waals surface area contributed by atoms with E-state index in [2.05, 4.69) is 0 Å². The molecule has 5 heteroatoms. The van der Waals surface area contributed by atoms with Gasteiger partial charge in [0.05, 0.1) is 5.56 Å². The summed E-state index contributed by atoms with van der Waals surface area (Å²) in [6.07, 6.45) is 4.57. The first-order valence-electron chi connectivity index (χ1n) is 6.94. The van der Waals surface area contributed by atoms with Gasteiger partial charge in [-0.15, -0.1) is 0 Å². The Kier molecular flexibility index (Phi) is 3.12. The maximum absolute atomic E-state index is 12.2. The summed E-state index contributed by atoms with van der Waals surface area (Å²) < 4.78 is 5.64. The predicted octanol–water partition coefficient (Wildman–Crippen LogP) is 3.04. The molecule has 1 aliphatic heterocycles. The summed E-state index contributed by atoms with van der Waals surface area (Å²) in [5, 5.41) is 9.01. The molecule has 2 fully saturated rings. The molecule has 0 unspecified atom stereocenters. The molecular weight excluding hydrogens is 258 g/mol. The van der Waals surface area contributed by atoms with Gasteiger partial charge in [0.25, 0.3) is 0 Å². The van der Waals surface area contributed by atoms with Gasteiger partial charge in [-0.1, -0.05) is 6.07 Å². The van der Waals surface area contributed by atoms with Crippen molar-refractivity contribution >= 4 is 17.7 Å². The van der Waals surface area contributed by atoms with Gasteiger partial charge in [-0.05, 0) is 43.9 Å². The topological polar surface area (TPSA) is 66.8 Å². The zero-order chi connectivity index (χ0) is 14.2. The lowest BCUT2D eigenvalue weighted by atomic mass is 9.96. The van der Waals surface area contributed by atoms with E-state index in [-0.39, 0.29) is 17.3 Å². The van der Waals surface area contributed by atoms with Crippen LogP contribution < -0.4 is 4.90 Å². The van der Waals surface area contributed by atoms with Crippen LogP contribution in [-0.4, -0.2) is 29.3 Å². The molecule has 2 aliphatic rings. The quantitative estimate of drug-likeness (QED) is 0.900. The molecule has 0 radical (unpaired) electrons. The van der Waals surface area contributed by atoms with Crippen molar-refractivity contribution in [1.29, 1.82) is 0 Å². The first-order chi connectivity index (χ1) is 9.60. The Morgan fingerprint density at radius 1 is 1.25 bits per heavy atom. The lowest BCUT2D eigenvalue weighted by molar-refractivity contribution is 0.000522. The first-order valence-corrected chi connectivity index (χ1v) is 6.94. The monoisotopic (exact) mass is 275 g/mol. The largest absolute Gasteiger partial charge is 0.478 e. The van der Waals surface area contributed by atoms with Crippen LogP contribution in [0.15, 0.2) is 24.3 Å². The smallest absolute Gasteiger partial charge is 0.414 e. The van der Waals surface area contributed by atoms with Crippen molar-refractivity contribution in [2.75, 3.05) is 11.4 Å². The first kappa shape index (κ1) is 13.0. The molecule has 1 heterocycles. The van der Waals surface area contributed by atoms with Crippen molar-refractivity contribution in [3.63, 3.8) is 0 Å². The van der Waals surface area contributed by atoms with Crippen LogP contribution in [0.1, 0.15) is 42.5 Å². The molecule has 1 saturated heterocycles. The van der Waals surface area contributed by atoms with Gasteiger partial charge in [0.1, 0.15) is 5.60 Å². The number of rotatable bonds is 2. The number of nitrogens with zero attached hydrogens (tertiary/aromatic N) is 1. The van der Waals surface area contributed by atoms with E-state index in [4.69, 9.17) is 9.84 Å². The summed E-state index contributed by atoms with van der Waals surface area (Å²) >= 11 is 0. The summed E-state index contributed by atoms with van der Waals surface area (Å²) in [5.41, 5.74) is 0.497. The van der Waals surface area contributed by atoms with E-state index in [1.807, 2.05) is 0 Å². The van der Waals surface area contributed by atoms with Crippen LogP contribution in [0, 0.1) is 0 Å². The Labute approximate surface area is 117 Å². The minimum atomic E-state index is -0.996. The molecule has 1 aromatic rings. The summed E-state index contributed by atoms with van der Waals surface area (Å²) in [4.78, 5) is 24.7. The van der Waals surface area contributed by atoms with Gasteiger partial charge >= 0.3 is 12.1 Å². The van der Waals surface area contributed by atoms with Crippen molar-refractivity contribution < 1.29 is 19.4 Å². The van der Waals surface area contributed by atoms with Crippen LogP contribution in [0.25, 0.3) is 0 Å². The van der Waals surface area contributed by atoms with Gasteiger partial charge in [-0.2, -0.15) is 0 Å². The zero-order valence-corrected chi connectivity index (χ0v) is 11.2. The third kappa shape index (κ3) is 2.24. The molecule has 0 aromatic heterocycles. The second-order valence-electron chi connectivity index (χ2n) is 5.52. The number of anilines is 1. The highest BCUT2D eigenvalue weighted by Crippen LogP contribution is 2.40. The van der Waals surface area contributed by atoms with E-state index in [9.17, 15) is 9.59 Å². The molecule has 1 spiro atoms. The molecule has 1 N–H and O–H groups in total. The van der Waals surface area contributed by atoms with Crippen molar-refractivity contribution in [2.45, 2.75) is 37.7 Å². The number of hydrogen-bond donors (Lipinski definition) is 1. The van der Waals surface area contributed by atoms with E-state index >= 15 is 0 Å². The van der Waals surface area contributed by atoms with Gasteiger partial charge in [-0.3, -0.25) is 4.90 Å². The molecule has 1 saturated carbocycles. The Hall–Kier alpha value is -2.04. The highest BCUT2D eigenvalue weighted by Gasteiger charge is 2.43. The van der Waals surface area contributed by atoms with Crippen molar-refractivity contribution in [3.8, 4) is 0 Å². The van der Waals surface area contributed by atoms with Gasteiger partial charge < -0.3 is 9.84 Å². The highest BCUT2D eigenvalue weighted by molar-refractivity contribution is 5.93. The van der Waals surface area contributed by atoms with E-state index < -0.39 is 5.97 Å². The van der Waals surface area contributed by atoms with Crippen LogP contribution in [-0.2, 0) is 4.74 Å². The minimum Gasteiger partial charge on any atom is -0.478 e. The van der Waals surface area contributed by atoms with Gasteiger partial charge in [0.2, 0.25) is 0 Å². The average molecular weight is 275 g/mol. The zero-order valence-electron chi connectivity index (χ0n) is 11.2. The van der Waals surface area contributed by atoms with E-state index in [1.165, 1.54) is 17.0 Å². The second-order valence-corrected chi connectivity index (χ2v) is 5.52. The molecule has 1 aliphatic carbocycles. The normalized spacial score (nSPS) is 21.0. The van der Waals surface area contributed by atoms with Crippen molar-refractivity contribution in [3.05, 3.63) is 29.8 Å². The van der Waals surface area contributed by atoms with Crippen LogP contribution >= 0.6 is 0 Å². The number of carboxylic acids is 1. The van der Waals surface area contributed by atoms with E-state index in [0.717, 1.165) is 32.1 Å². The fourth-order valence-corrected chi connectivity index (χ4v) is 3.11. The fourth-order valence-electron chi connectivity index (χ4n) is 3.11. The molecular formula is C15H17NO4. The third-order valence-corrected chi connectivity index (χ3v) is 4.23. The van der Waals surface area contributed by atoms with Crippen LogP contribution in [0.2, 0.25) is 0 Å². The summed E-state index contributed by atoms with van der Waals surface area (Å²) in [7, 11) is 0. The molecule has 0 bridgehead atoms. The molecule has 106 valence electrons. The molecule has 1 aromatic carbocycles. The number of ether oxygens (including phenoxy) is 1.